The molecule has 0 radical (unpaired) electrons. The molecule has 1 aliphatic rings. The smallest absolute Gasteiger partial charge is 0.175 e. The highest BCUT2D eigenvalue weighted by atomic mass is 35.5. The van der Waals surface area contributed by atoms with Crippen LogP contribution in [0.5, 0.6) is 0 Å². The molecule has 2 heterocycles. The molecular weight excluding hydrogens is 245 g/mol. The maximum atomic E-state index is 6.04. The molecule has 0 N–H and O–H groups in total. The number of nitrogens with zero attached hydrogens (tertiary/aromatic N) is 3. The average molecular weight is 260 g/mol. The predicted octanol–water partition coefficient (Wildman–Crippen LogP) is 3.27. The summed E-state index contributed by atoms with van der Waals surface area (Å²) in [5.74, 6) is 1.43. The van der Waals surface area contributed by atoms with Gasteiger partial charge in [-0.1, -0.05) is 37.0 Å². The zero-order chi connectivity index (χ0) is 11.7. The van der Waals surface area contributed by atoms with Gasteiger partial charge in [-0.05, 0) is 18.3 Å². The van der Waals surface area contributed by atoms with E-state index in [4.69, 9.17) is 23.2 Å². The molecule has 16 heavy (non-hydrogen) atoms. The van der Waals surface area contributed by atoms with Crippen LogP contribution in [-0.2, 0) is 0 Å². The number of hydrogen-bond acceptors (Lipinski definition) is 3. The summed E-state index contributed by atoms with van der Waals surface area (Å²) in [5, 5.41) is 8.40. The maximum absolute atomic E-state index is 6.04. The lowest BCUT2D eigenvalue weighted by Crippen LogP contribution is -2.38. The Labute approximate surface area is 106 Å². The number of aromatic nitrogens is 2. The molecule has 1 aliphatic heterocycles. The van der Waals surface area contributed by atoms with Crippen molar-refractivity contribution in [2.45, 2.75) is 20.3 Å². The van der Waals surface area contributed by atoms with Gasteiger partial charge in [0.15, 0.2) is 10.3 Å². The Hall–Kier alpha value is -0.540. The van der Waals surface area contributed by atoms with Crippen LogP contribution in [0, 0.1) is 11.8 Å². The lowest BCUT2D eigenvalue weighted by atomic mass is 9.88. The number of anilines is 1. The lowest BCUT2D eigenvalue weighted by Gasteiger charge is -2.36. The van der Waals surface area contributed by atoms with Gasteiger partial charge in [-0.15, -0.1) is 10.2 Å². The molecule has 2 rings (SSSR count). The SMILES string of the molecule is CC1CCN(c2cc(Cl)nnc2Cl)CC1C. The molecule has 1 aromatic rings. The summed E-state index contributed by atoms with van der Waals surface area (Å²) >= 11 is 11.9. The van der Waals surface area contributed by atoms with Crippen LogP contribution in [-0.4, -0.2) is 23.3 Å². The molecule has 0 aromatic carbocycles. The zero-order valence-electron chi connectivity index (χ0n) is 9.45. The number of rotatable bonds is 1. The van der Waals surface area contributed by atoms with Crippen molar-refractivity contribution >= 4 is 28.9 Å². The van der Waals surface area contributed by atoms with Gasteiger partial charge in [-0.25, -0.2) is 0 Å². The Morgan fingerprint density at radius 3 is 2.69 bits per heavy atom. The van der Waals surface area contributed by atoms with E-state index < -0.39 is 0 Å². The van der Waals surface area contributed by atoms with Gasteiger partial charge in [0.1, 0.15) is 0 Å². The Balaban J connectivity index is 2.21. The zero-order valence-corrected chi connectivity index (χ0v) is 11.0. The minimum Gasteiger partial charge on any atom is -0.369 e. The molecule has 2 atom stereocenters. The minimum atomic E-state index is 0.394. The van der Waals surface area contributed by atoms with Gasteiger partial charge < -0.3 is 4.90 Å². The molecule has 1 saturated heterocycles. The lowest BCUT2D eigenvalue weighted by molar-refractivity contribution is 0.324. The maximum Gasteiger partial charge on any atom is 0.175 e. The molecular formula is C11H15Cl2N3. The number of halogens is 2. The summed E-state index contributed by atoms with van der Waals surface area (Å²) < 4.78 is 0. The monoisotopic (exact) mass is 259 g/mol. The summed E-state index contributed by atoms with van der Waals surface area (Å²) in [6, 6.07) is 1.79. The Morgan fingerprint density at radius 2 is 2.00 bits per heavy atom. The first-order chi connectivity index (χ1) is 7.58. The molecule has 0 spiro atoms. The number of piperidine rings is 1. The summed E-state index contributed by atoms with van der Waals surface area (Å²) in [6.07, 6.45) is 1.18. The van der Waals surface area contributed by atoms with Crippen LogP contribution in [0.2, 0.25) is 10.3 Å². The molecule has 1 aromatic heterocycles. The topological polar surface area (TPSA) is 29.0 Å². The van der Waals surface area contributed by atoms with Crippen LogP contribution in [0.4, 0.5) is 5.69 Å². The molecule has 0 saturated carbocycles. The Bertz CT molecular complexity index is 383. The van der Waals surface area contributed by atoms with E-state index in [1.54, 1.807) is 6.07 Å². The van der Waals surface area contributed by atoms with Gasteiger partial charge in [0.2, 0.25) is 0 Å². The van der Waals surface area contributed by atoms with E-state index in [1.165, 1.54) is 6.42 Å². The van der Waals surface area contributed by atoms with Crippen molar-refractivity contribution in [1.29, 1.82) is 0 Å². The Kier molecular flexibility index (Phi) is 3.55. The van der Waals surface area contributed by atoms with Crippen molar-refractivity contribution in [2.24, 2.45) is 11.8 Å². The van der Waals surface area contributed by atoms with Crippen LogP contribution in [0.25, 0.3) is 0 Å². The van der Waals surface area contributed by atoms with Crippen molar-refractivity contribution in [1.82, 2.24) is 10.2 Å². The first-order valence-corrected chi connectivity index (χ1v) is 6.27. The second-order valence-electron chi connectivity index (χ2n) is 4.53. The molecule has 2 unspecified atom stereocenters. The quantitative estimate of drug-likeness (QED) is 0.776. The van der Waals surface area contributed by atoms with Gasteiger partial charge in [-0.2, -0.15) is 0 Å². The standard InChI is InChI=1S/C11H15Cl2N3/c1-7-3-4-16(6-8(7)2)9-5-10(12)14-15-11(9)13/h5,7-8H,3-4,6H2,1-2H3. The van der Waals surface area contributed by atoms with E-state index in [9.17, 15) is 0 Å². The minimum absolute atomic E-state index is 0.394. The van der Waals surface area contributed by atoms with E-state index in [0.717, 1.165) is 24.7 Å². The molecule has 0 amide bonds. The first kappa shape index (κ1) is 11.9. The van der Waals surface area contributed by atoms with E-state index in [1.807, 2.05) is 0 Å². The highest BCUT2D eigenvalue weighted by molar-refractivity contribution is 6.33. The normalized spacial score (nSPS) is 25.9. The fourth-order valence-electron chi connectivity index (χ4n) is 2.05. The second-order valence-corrected chi connectivity index (χ2v) is 5.28. The third-order valence-corrected chi connectivity index (χ3v) is 3.83. The van der Waals surface area contributed by atoms with Gasteiger partial charge in [0.25, 0.3) is 0 Å². The highest BCUT2D eigenvalue weighted by Gasteiger charge is 2.24. The predicted molar refractivity (Wildman–Crippen MR) is 67.2 cm³/mol. The van der Waals surface area contributed by atoms with E-state index in [-0.39, 0.29) is 0 Å². The summed E-state index contributed by atoms with van der Waals surface area (Å²) in [5.41, 5.74) is 0.903. The van der Waals surface area contributed by atoms with Crippen molar-refractivity contribution in [3.63, 3.8) is 0 Å². The molecule has 5 heteroatoms. The molecule has 88 valence electrons. The van der Waals surface area contributed by atoms with Crippen LogP contribution in [0.1, 0.15) is 20.3 Å². The molecule has 1 fully saturated rings. The summed E-state index contributed by atoms with van der Waals surface area (Å²) in [7, 11) is 0. The van der Waals surface area contributed by atoms with E-state index in [2.05, 4.69) is 28.9 Å². The van der Waals surface area contributed by atoms with Gasteiger partial charge in [-0.3, -0.25) is 0 Å². The number of hydrogen-bond donors (Lipinski definition) is 0. The van der Waals surface area contributed by atoms with Gasteiger partial charge in [0, 0.05) is 19.2 Å². The summed E-state index contributed by atoms with van der Waals surface area (Å²) in [4.78, 5) is 2.24. The third-order valence-electron chi connectivity index (χ3n) is 3.38. The fraction of sp³-hybridized carbons (Fsp3) is 0.636. The molecule has 0 bridgehead atoms. The largest absolute Gasteiger partial charge is 0.369 e. The van der Waals surface area contributed by atoms with E-state index >= 15 is 0 Å². The van der Waals surface area contributed by atoms with Crippen LogP contribution in [0.3, 0.4) is 0 Å². The van der Waals surface area contributed by atoms with Gasteiger partial charge >= 0.3 is 0 Å². The van der Waals surface area contributed by atoms with Crippen molar-refractivity contribution in [3.8, 4) is 0 Å². The van der Waals surface area contributed by atoms with Crippen LogP contribution >= 0.6 is 23.2 Å². The summed E-state index contributed by atoms with van der Waals surface area (Å²) in [6.45, 7) is 6.57. The second kappa shape index (κ2) is 4.76. The van der Waals surface area contributed by atoms with Gasteiger partial charge in [0.05, 0.1) is 5.69 Å². The molecule has 0 aliphatic carbocycles. The molecule has 3 nitrogen and oxygen atoms in total. The Morgan fingerprint density at radius 1 is 1.25 bits per heavy atom. The average Bonchev–Trinajstić information content (AvgIpc) is 2.26. The van der Waals surface area contributed by atoms with Crippen molar-refractivity contribution < 1.29 is 0 Å². The fourth-order valence-corrected chi connectivity index (χ4v) is 2.40. The third kappa shape index (κ3) is 2.41. The van der Waals surface area contributed by atoms with Crippen molar-refractivity contribution in [2.75, 3.05) is 18.0 Å². The van der Waals surface area contributed by atoms with Crippen LogP contribution in [0.15, 0.2) is 6.07 Å². The van der Waals surface area contributed by atoms with Crippen molar-refractivity contribution in [3.05, 3.63) is 16.4 Å². The van der Waals surface area contributed by atoms with Crippen LogP contribution < -0.4 is 4.90 Å². The first-order valence-electron chi connectivity index (χ1n) is 5.51. The highest BCUT2D eigenvalue weighted by Crippen LogP contribution is 2.31. The van der Waals surface area contributed by atoms with E-state index in [0.29, 0.717) is 16.2 Å².